The molecule has 4 aliphatic carbocycles. The summed E-state index contributed by atoms with van der Waals surface area (Å²) in [7, 11) is 0. The summed E-state index contributed by atoms with van der Waals surface area (Å²) >= 11 is 0. The minimum atomic E-state index is -1.79. The fourth-order valence-corrected chi connectivity index (χ4v) is 14.4. The first kappa shape index (κ1) is 51.9. The summed E-state index contributed by atoms with van der Waals surface area (Å²) in [6.07, 6.45) is -15.1. The number of aliphatic hydroxyl groups is 12. The van der Waals surface area contributed by atoms with Gasteiger partial charge in [0, 0.05) is 0 Å². The molecule has 376 valence electrons. The third kappa shape index (κ3) is 9.16. The number of ether oxygens (including phenoxy) is 6. The highest BCUT2D eigenvalue weighted by atomic mass is 16.8. The van der Waals surface area contributed by atoms with Gasteiger partial charge < -0.3 is 89.7 Å². The predicted molar refractivity (Wildman–Crippen MR) is 229 cm³/mol. The molecule has 0 aromatic rings. The predicted octanol–water partition coefficient (Wildman–Crippen LogP) is -0.417. The van der Waals surface area contributed by atoms with Crippen LogP contribution in [0.2, 0.25) is 0 Å². The van der Waals surface area contributed by atoms with Gasteiger partial charge in [-0.25, -0.2) is 0 Å². The van der Waals surface area contributed by atoms with Crippen LogP contribution in [0.15, 0.2) is 11.6 Å². The van der Waals surface area contributed by atoms with E-state index in [1.807, 2.05) is 20.8 Å². The summed E-state index contributed by atoms with van der Waals surface area (Å²) in [4.78, 5) is 0. The quantitative estimate of drug-likeness (QED) is 0.0825. The first-order valence-corrected chi connectivity index (χ1v) is 24.0. The van der Waals surface area contributed by atoms with Crippen LogP contribution in [-0.2, 0) is 28.4 Å². The Morgan fingerprint density at radius 3 is 1.74 bits per heavy atom. The van der Waals surface area contributed by atoms with Gasteiger partial charge in [0.25, 0.3) is 0 Å². The van der Waals surface area contributed by atoms with E-state index in [1.165, 1.54) is 0 Å². The van der Waals surface area contributed by atoms with Gasteiger partial charge in [0.2, 0.25) is 0 Å². The molecule has 7 fully saturated rings. The zero-order chi connectivity index (χ0) is 47.7. The molecule has 5 unspecified atom stereocenters. The molecule has 0 spiro atoms. The molecule has 3 aliphatic heterocycles. The normalized spacial score (nSPS) is 51.9. The maximum Gasteiger partial charge on any atom is 0.187 e. The molecule has 18 heteroatoms. The summed E-state index contributed by atoms with van der Waals surface area (Å²) in [6.45, 7) is 13.2. The molecule has 18 nitrogen and oxygen atoms in total. The van der Waals surface area contributed by atoms with Gasteiger partial charge in [0.05, 0.1) is 37.6 Å². The van der Waals surface area contributed by atoms with Crippen molar-refractivity contribution in [3.63, 3.8) is 0 Å². The highest BCUT2D eigenvalue weighted by Gasteiger charge is 2.68. The Kier molecular flexibility index (Phi) is 15.7. The molecule has 65 heavy (non-hydrogen) atoms. The van der Waals surface area contributed by atoms with Crippen LogP contribution in [0.4, 0.5) is 0 Å². The van der Waals surface area contributed by atoms with Crippen molar-refractivity contribution in [1.29, 1.82) is 0 Å². The highest BCUT2D eigenvalue weighted by molar-refractivity contribution is 5.17. The molecule has 7 rings (SSSR count). The molecule has 0 radical (unpaired) electrons. The van der Waals surface area contributed by atoms with Crippen molar-refractivity contribution in [2.75, 3.05) is 19.8 Å². The average Bonchev–Trinajstić information content (AvgIpc) is 3.74. The fraction of sp³-hybridized carbons (Fsp3) is 0.957. The first-order chi connectivity index (χ1) is 30.5. The van der Waals surface area contributed by atoms with Crippen molar-refractivity contribution in [3.05, 3.63) is 11.6 Å². The molecule has 4 saturated carbocycles. The van der Waals surface area contributed by atoms with Gasteiger partial charge in [-0.2, -0.15) is 0 Å². The highest BCUT2D eigenvalue weighted by Crippen LogP contribution is 2.72. The summed E-state index contributed by atoms with van der Waals surface area (Å²) in [5.41, 5.74) is -0.661. The largest absolute Gasteiger partial charge is 0.394 e. The van der Waals surface area contributed by atoms with E-state index in [9.17, 15) is 61.3 Å². The molecule has 0 bridgehead atoms. The van der Waals surface area contributed by atoms with Gasteiger partial charge in [-0.05, 0) is 124 Å². The van der Waals surface area contributed by atoms with E-state index < -0.39 is 135 Å². The number of rotatable bonds is 13. The van der Waals surface area contributed by atoms with Crippen molar-refractivity contribution < 1.29 is 89.7 Å². The maximum atomic E-state index is 12.5. The van der Waals surface area contributed by atoms with E-state index in [1.54, 1.807) is 0 Å². The third-order valence-electron chi connectivity index (χ3n) is 18.0. The lowest BCUT2D eigenvalue weighted by atomic mass is 9.38. The van der Waals surface area contributed by atoms with E-state index in [-0.39, 0.29) is 40.4 Å². The Balaban J connectivity index is 1.11. The van der Waals surface area contributed by atoms with Gasteiger partial charge in [-0.3, -0.25) is 0 Å². The molecule has 3 heterocycles. The molecule has 7 aliphatic rings. The van der Waals surface area contributed by atoms with Crippen molar-refractivity contribution >= 4 is 0 Å². The van der Waals surface area contributed by atoms with Gasteiger partial charge in [-0.1, -0.05) is 39.3 Å². The van der Waals surface area contributed by atoms with Gasteiger partial charge in [0.1, 0.15) is 73.2 Å². The Morgan fingerprint density at radius 2 is 1.15 bits per heavy atom. The lowest BCUT2D eigenvalue weighted by Crippen LogP contribution is -2.66. The molecule has 0 amide bonds. The van der Waals surface area contributed by atoms with E-state index in [4.69, 9.17) is 28.4 Å². The minimum Gasteiger partial charge on any atom is -0.394 e. The second-order valence-corrected chi connectivity index (χ2v) is 22.3. The standard InChI is InChI=1S/C47H80O18/c1-21(2)9-8-14-47(7,65-42-39(59)36(56)33(53)26(19-49)61-42)23-11-10-22-31(23)24(51)17-29-45(22,5)15-12-28-44(3,4)30(13-16-46(28,29)6)63-43-40(37(57)34(54)27(20-50)62-43)64-41-38(58)35(55)32(52)25(18-48)60-41/h9,22-43,48-59H,8,10-20H2,1-7H3/t22-,23-,24?,25+,26+,27+,28-,29+,30?,31+,32+,33+,34+,35-,36-,37-,38+,39+,40+,41?,42?,43?,45+,46-,47-/m0/s1. The Labute approximate surface area is 382 Å². The Morgan fingerprint density at radius 1 is 0.615 bits per heavy atom. The van der Waals surface area contributed by atoms with Crippen molar-refractivity contribution in [1.82, 2.24) is 0 Å². The molecule has 12 N–H and O–H groups in total. The van der Waals surface area contributed by atoms with Gasteiger partial charge >= 0.3 is 0 Å². The van der Waals surface area contributed by atoms with Crippen LogP contribution in [0, 0.1) is 45.8 Å². The summed E-state index contributed by atoms with van der Waals surface area (Å²) in [6, 6.07) is 0. The molecule has 0 aromatic heterocycles. The monoisotopic (exact) mass is 933 g/mol. The summed E-state index contributed by atoms with van der Waals surface area (Å²) < 4.78 is 37.1. The second kappa shape index (κ2) is 19.7. The van der Waals surface area contributed by atoms with Gasteiger partial charge in [-0.15, -0.1) is 0 Å². The Hall–Kier alpha value is -0.980. The molecule has 3 saturated heterocycles. The van der Waals surface area contributed by atoms with Gasteiger partial charge in [0.15, 0.2) is 18.9 Å². The fourth-order valence-electron chi connectivity index (χ4n) is 14.4. The van der Waals surface area contributed by atoms with Crippen LogP contribution in [0.1, 0.15) is 106 Å². The van der Waals surface area contributed by atoms with Crippen LogP contribution >= 0.6 is 0 Å². The number of fused-ring (bicyclic) bond motifs is 5. The van der Waals surface area contributed by atoms with Crippen LogP contribution in [0.5, 0.6) is 0 Å². The van der Waals surface area contributed by atoms with Crippen LogP contribution in [-0.4, -0.2) is 191 Å². The number of allylic oxidation sites excluding steroid dienone is 2. The van der Waals surface area contributed by atoms with E-state index in [0.29, 0.717) is 25.7 Å². The van der Waals surface area contributed by atoms with Crippen LogP contribution in [0.3, 0.4) is 0 Å². The van der Waals surface area contributed by atoms with E-state index >= 15 is 0 Å². The topological polar surface area (TPSA) is 298 Å². The van der Waals surface area contributed by atoms with Crippen LogP contribution < -0.4 is 0 Å². The van der Waals surface area contributed by atoms with Crippen LogP contribution in [0.25, 0.3) is 0 Å². The smallest absolute Gasteiger partial charge is 0.187 e. The molecular formula is C47H80O18. The third-order valence-corrected chi connectivity index (χ3v) is 18.0. The van der Waals surface area contributed by atoms with E-state index in [0.717, 1.165) is 37.7 Å². The Bertz CT molecular complexity index is 1630. The van der Waals surface area contributed by atoms with Crippen molar-refractivity contribution in [3.8, 4) is 0 Å². The van der Waals surface area contributed by atoms with E-state index in [2.05, 4.69) is 33.8 Å². The SMILES string of the molecule is CC(C)=CCC[C@](C)(OC1O[C@H](CO)[C@@H](O)[C@H](O)[C@H]1O)[C@H]1CC[C@H]2[C@H]1C(O)C[C@@H]1[C@]2(C)CC[C@H]2C(C)(C)C(OC3O[C@H](CO)[C@@H](O)[C@H](O)[C@H]3OC3O[C@H](CO)[C@@H](O)[C@H](O)[C@H]3O)CC[C@]12C. The lowest BCUT2D eigenvalue weighted by Gasteiger charge is -2.68. The van der Waals surface area contributed by atoms with Crippen molar-refractivity contribution in [2.45, 2.75) is 216 Å². The number of aliphatic hydroxyl groups excluding tert-OH is 12. The maximum absolute atomic E-state index is 12.5. The second-order valence-electron chi connectivity index (χ2n) is 22.3. The molecule has 25 atom stereocenters. The molecule has 0 aromatic carbocycles. The first-order valence-electron chi connectivity index (χ1n) is 24.0. The zero-order valence-electron chi connectivity index (χ0n) is 39.1. The number of hydrogen-bond donors (Lipinski definition) is 12. The lowest BCUT2D eigenvalue weighted by molar-refractivity contribution is -0.378. The number of hydrogen-bond acceptors (Lipinski definition) is 18. The van der Waals surface area contributed by atoms with Crippen molar-refractivity contribution in [2.24, 2.45) is 45.8 Å². The average molecular weight is 933 g/mol. The zero-order valence-corrected chi connectivity index (χ0v) is 39.1. The minimum absolute atomic E-state index is 0.106. The molecular weight excluding hydrogens is 852 g/mol. The summed E-state index contributed by atoms with van der Waals surface area (Å²) in [5.74, 6) is 0.132. The summed E-state index contributed by atoms with van der Waals surface area (Å²) in [5, 5.41) is 128.